The Morgan fingerprint density at radius 2 is 1.81 bits per heavy atom. The molecule has 0 saturated carbocycles. The van der Waals surface area contributed by atoms with Gasteiger partial charge in [-0.1, -0.05) is 18.2 Å². The Morgan fingerprint density at radius 1 is 1.00 bits per heavy atom. The van der Waals surface area contributed by atoms with Crippen LogP contribution in [0.15, 0.2) is 84.8 Å². The lowest BCUT2D eigenvalue weighted by atomic mass is 9.86. The number of methoxy groups -OCH3 is 1. The lowest BCUT2D eigenvalue weighted by Gasteiger charge is -2.18. The second kappa shape index (κ2) is 8.03. The number of fused-ring (bicyclic) bond motifs is 1. The normalized spacial score (nSPS) is 14.5. The molecule has 0 amide bonds. The third-order valence-corrected chi connectivity index (χ3v) is 5.56. The van der Waals surface area contributed by atoms with Gasteiger partial charge in [0.05, 0.1) is 12.8 Å². The van der Waals surface area contributed by atoms with Crippen LogP contribution in [-0.4, -0.2) is 27.7 Å². The van der Waals surface area contributed by atoms with Gasteiger partial charge in [-0.25, -0.2) is 4.68 Å². The van der Waals surface area contributed by atoms with E-state index in [0.29, 0.717) is 6.42 Å². The number of rotatable bonds is 4. The highest BCUT2D eigenvalue weighted by atomic mass is 16.5. The van der Waals surface area contributed by atoms with Crippen LogP contribution in [0.2, 0.25) is 0 Å². The lowest BCUT2D eigenvalue weighted by molar-refractivity contribution is 0.102. The molecule has 4 aromatic rings. The Kier molecular flexibility index (Phi) is 4.92. The van der Waals surface area contributed by atoms with Crippen molar-refractivity contribution in [3.8, 4) is 22.7 Å². The molecule has 0 saturated heterocycles. The summed E-state index contributed by atoms with van der Waals surface area (Å²) >= 11 is 0. The summed E-state index contributed by atoms with van der Waals surface area (Å²) in [5.41, 5.74) is 6.25. The summed E-state index contributed by atoms with van der Waals surface area (Å²) in [6.45, 7) is 0. The fraction of sp³-hybridized carbons (Fsp3) is 0.115. The van der Waals surface area contributed by atoms with E-state index in [2.05, 4.69) is 4.98 Å². The smallest absolute Gasteiger partial charge is 0.189 e. The van der Waals surface area contributed by atoms with Gasteiger partial charge in [0, 0.05) is 40.9 Å². The first-order valence-corrected chi connectivity index (χ1v) is 10.2. The van der Waals surface area contributed by atoms with Crippen molar-refractivity contribution in [2.45, 2.75) is 12.8 Å². The molecule has 152 valence electrons. The number of aromatic nitrogens is 3. The first kappa shape index (κ1) is 19.0. The van der Waals surface area contributed by atoms with E-state index in [1.54, 1.807) is 19.5 Å². The predicted molar refractivity (Wildman–Crippen MR) is 120 cm³/mol. The highest BCUT2D eigenvalue weighted by molar-refractivity contribution is 6.13. The topological polar surface area (TPSA) is 57.0 Å². The molecule has 0 atom stereocenters. The average Bonchev–Trinajstić information content (AvgIpc) is 3.25. The maximum absolute atomic E-state index is 13.2. The second-order valence-electron chi connectivity index (χ2n) is 7.47. The Labute approximate surface area is 180 Å². The number of Topliss-reactive ketones (excluding diaryl/α,β-unsaturated/α-hetero) is 1. The summed E-state index contributed by atoms with van der Waals surface area (Å²) in [6.07, 6.45) is 8.96. The Morgan fingerprint density at radius 3 is 2.58 bits per heavy atom. The number of carbonyl (C=O) groups is 1. The van der Waals surface area contributed by atoms with Crippen LogP contribution in [0.5, 0.6) is 5.75 Å². The molecule has 2 heterocycles. The number of ketones is 1. The SMILES string of the molecule is COc1ccc2c(c1)CC/C(=C\c1cn(-c3ccccc3)nc1-c1ccncc1)C2=O. The van der Waals surface area contributed by atoms with Gasteiger partial charge in [-0.3, -0.25) is 9.78 Å². The number of pyridine rings is 1. The van der Waals surface area contributed by atoms with Crippen LogP contribution in [0.1, 0.15) is 27.9 Å². The zero-order valence-corrected chi connectivity index (χ0v) is 17.2. The van der Waals surface area contributed by atoms with E-state index in [1.165, 1.54) is 0 Å². The molecule has 5 heteroatoms. The quantitative estimate of drug-likeness (QED) is 0.439. The maximum atomic E-state index is 13.2. The van der Waals surface area contributed by atoms with Crippen molar-refractivity contribution in [1.82, 2.24) is 14.8 Å². The molecule has 2 aromatic carbocycles. The van der Waals surface area contributed by atoms with E-state index in [0.717, 1.165) is 51.4 Å². The highest BCUT2D eigenvalue weighted by Crippen LogP contribution is 2.32. The Hall–Kier alpha value is -3.99. The van der Waals surface area contributed by atoms with Crippen LogP contribution in [0.4, 0.5) is 0 Å². The fourth-order valence-electron chi connectivity index (χ4n) is 3.95. The van der Waals surface area contributed by atoms with Crippen molar-refractivity contribution >= 4 is 11.9 Å². The average molecular weight is 407 g/mol. The number of hydrogen-bond acceptors (Lipinski definition) is 4. The summed E-state index contributed by atoms with van der Waals surface area (Å²) in [7, 11) is 1.64. The first-order chi connectivity index (χ1) is 15.2. The van der Waals surface area contributed by atoms with Crippen molar-refractivity contribution in [2.24, 2.45) is 0 Å². The molecule has 1 aliphatic rings. The molecule has 0 bridgehead atoms. The van der Waals surface area contributed by atoms with Gasteiger partial charge in [0.2, 0.25) is 0 Å². The van der Waals surface area contributed by atoms with E-state index in [-0.39, 0.29) is 5.78 Å². The number of hydrogen-bond donors (Lipinski definition) is 0. The Balaban J connectivity index is 1.58. The maximum Gasteiger partial charge on any atom is 0.189 e. The van der Waals surface area contributed by atoms with Crippen molar-refractivity contribution < 1.29 is 9.53 Å². The van der Waals surface area contributed by atoms with Gasteiger partial charge in [0.25, 0.3) is 0 Å². The molecule has 0 fully saturated rings. The number of allylic oxidation sites excluding steroid dienone is 1. The van der Waals surface area contributed by atoms with E-state index in [4.69, 9.17) is 9.84 Å². The number of carbonyl (C=O) groups excluding carboxylic acids is 1. The lowest BCUT2D eigenvalue weighted by Crippen LogP contribution is -2.14. The molecular formula is C26H21N3O2. The summed E-state index contributed by atoms with van der Waals surface area (Å²) in [6, 6.07) is 19.5. The van der Waals surface area contributed by atoms with Gasteiger partial charge in [-0.15, -0.1) is 0 Å². The highest BCUT2D eigenvalue weighted by Gasteiger charge is 2.23. The van der Waals surface area contributed by atoms with Gasteiger partial charge in [-0.2, -0.15) is 5.10 Å². The standard InChI is InChI=1S/C26H21N3O2/c1-31-23-9-10-24-19(16-23)7-8-20(26(24)30)15-21-17-29(22-5-3-2-4-6-22)28-25(21)18-11-13-27-14-12-18/h2-6,9-17H,7-8H2,1H3/b20-15+. The summed E-state index contributed by atoms with van der Waals surface area (Å²) < 4.78 is 7.16. The van der Waals surface area contributed by atoms with Gasteiger partial charge < -0.3 is 4.74 Å². The van der Waals surface area contributed by atoms with Gasteiger partial charge >= 0.3 is 0 Å². The number of ether oxygens (including phenoxy) is 1. The van der Waals surface area contributed by atoms with Gasteiger partial charge in [0.1, 0.15) is 11.4 Å². The van der Waals surface area contributed by atoms with Crippen molar-refractivity contribution in [3.63, 3.8) is 0 Å². The molecule has 0 N–H and O–H groups in total. The number of aryl methyl sites for hydroxylation is 1. The zero-order chi connectivity index (χ0) is 21.2. The molecule has 2 aromatic heterocycles. The molecule has 1 aliphatic carbocycles. The molecule has 0 aliphatic heterocycles. The minimum absolute atomic E-state index is 0.0667. The van der Waals surface area contributed by atoms with Gasteiger partial charge in [-0.05, 0) is 66.9 Å². The van der Waals surface area contributed by atoms with Crippen LogP contribution in [0.25, 0.3) is 23.0 Å². The van der Waals surface area contributed by atoms with Gasteiger partial charge in [0.15, 0.2) is 5.78 Å². The monoisotopic (exact) mass is 407 g/mol. The number of benzene rings is 2. The van der Waals surface area contributed by atoms with Crippen LogP contribution >= 0.6 is 0 Å². The second-order valence-corrected chi connectivity index (χ2v) is 7.47. The fourth-order valence-corrected chi connectivity index (χ4v) is 3.95. The molecule has 31 heavy (non-hydrogen) atoms. The number of para-hydroxylation sites is 1. The first-order valence-electron chi connectivity index (χ1n) is 10.2. The molecule has 5 rings (SSSR count). The molecule has 0 spiro atoms. The van der Waals surface area contributed by atoms with E-state index < -0.39 is 0 Å². The zero-order valence-electron chi connectivity index (χ0n) is 17.2. The summed E-state index contributed by atoms with van der Waals surface area (Å²) in [5, 5.41) is 4.82. The van der Waals surface area contributed by atoms with Crippen LogP contribution in [-0.2, 0) is 6.42 Å². The van der Waals surface area contributed by atoms with Crippen molar-refractivity contribution in [3.05, 3.63) is 102 Å². The molecule has 0 unspecified atom stereocenters. The van der Waals surface area contributed by atoms with Crippen LogP contribution < -0.4 is 4.74 Å². The molecule has 5 nitrogen and oxygen atoms in total. The summed E-state index contributed by atoms with van der Waals surface area (Å²) in [5.74, 6) is 0.847. The predicted octanol–water partition coefficient (Wildman–Crippen LogP) is 5.16. The minimum atomic E-state index is 0.0667. The Bertz CT molecular complexity index is 1270. The molecular weight excluding hydrogens is 386 g/mol. The molecule has 0 radical (unpaired) electrons. The third kappa shape index (κ3) is 3.66. The summed E-state index contributed by atoms with van der Waals surface area (Å²) in [4.78, 5) is 17.3. The largest absolute Gasteiger partial charge is 0.497 e. The minimum Gasteiger partial charge on any atom is -0.497 e. The van der Waals surface area contributed by atoms with E-state index in [1.807, 2.05) is 77.6 Å². The van der Waals surface area contributed by atoms with Crippen LogP contribution in [0, 0.1) is 0 Å². The van der Waals surface area contributed by atoms with Crippen LogP contribution in [0.3, 0.4) is 0 Å². The third-order valence-electron chi connectivity index (χ3n) is 5.56. The number of nitrogens with zero attached hydrogens (tertiary/aromatic N) is 3. The van der Waals surface area contributed by atoms with Crippen molar-refractivity contribution in [2.75, 3.05) is 7.11 Å². The van der Waals surface area contributed by atoms with Crippen molar-refractivity contribution in [1.29, 1.82) is 0 Å². The van der Waals surface area contributed by atoms with E-state index in [9.17, 15) is 4.79 Å². The van der Waals surface area contributed by atoms with E-state index >= 15 is 0 Å².